The second kappa shape index (κ2) is 10.5. The highest BCUT2D eigenvalue weighted by molar-refractivity contribution is 14.0. The normalized spacial score (nSPS) is 15.2. The molecule has 7 nitrogen and oxygen atoms in total. The van der Waals surface area contributed by atoms with Crippen LogP contribution in [0.2, 0.25) is 0 Å². The summed E-state index contributed by atoms with van der Waals surface area (Å²) in [4.78, 5) is 18.1. The van der Waals surface area contributed by atoms with Gasteiger partial charge in [0.25, 0.3) is 0 Å². The SMILES string of the molecule is CN=C(NCc1cccc(CN2CCCC2=O)c1)NCc1ccc2c(c1)OCO2.I. The number of benzene rings is 2. The van der Waals surface area contributed by atoms with Gasteiger partial charge in [0.05, 0.1) is 0 Å². The lowest BCUT2D eigenvalue weighted by atomic mass is 10.1. The molecule has 0 spiro atoms. The molecule has 2 aromatic carbocycles. The molecule has 0 radical (unpaired) electrons. The van der Waals surface area contributed by atoms with Crippen molar-refractivity contribution in [2.45, 2.75) is 32.5 Å². The van der Waals surface area contributed by atoms with Crippen molar-refractivity contribution in [1.82, 2.24) is 15.5 Å². The van der Waals surface area contributed by atoms with Crippen molar-refractivity contribution in [3.8, 4) is 11.5 Å². The largest absolute Gasteiger partial charge is 0.454 e. The summed E-state index contributed by atoms with van der Waals surface area (Å²) < 4.78 is 10.8. The van der Waals surface area contributed by atoms with Crippen LogP contribution in [-0.4, -0.2) is 37.2 Å². The first kappa shape index (κ1) is 22.2. The molecule has 0 atom stereocenters. The van der Waals surface area contributed by atoms with Crippen LogP contribution < -0.4 is 20.1 Å². The number of halogens is 1. The van der Waals surface area contributed by atoms with Crippen LogP contribution in [0.15, 0.2) is 47.5 Å². The Morgan fingerprint density at radius 2 is 1.77 bits per heavy atom. The van der Waals surface area contributed by atoms with Crippen LogP contribution in [0.25, 0.3) is 0 Å². The van der Waals surface area contributed by atoms with E-state index < -0.39 is 0 Å². The fraction of sp³-hybridized carbons (Fsp3) is 0.364. The first-order valence-corrected chi connectivity index (χ1v) is 9.90. The molecule has 0 aliphatic carbocycles. The van der Waals surface area contributed by atoms with Crippen LogP contribution in [-0.2, 0) is 24.4 Å². The molecule has 8 heteroatoms. The van der Waals surface area contributed by atoms with Crippen molar-refractivity contribution in [2.24, 2.45) is 4.99 Å². The first-order valence-electron chi connectivity index (χ1n) is 9.90. The number of fused-ring (bicyclic) bond motifs is 1. The van der Waals surface area contributed by atoms with E-state index in [9.17, 15) is 4.79 Å². The number of carbonyl (C=O) groups is 1. The standard InChI is InChI=1S/C22H26N4O3.HI/c1-23-22(25-13-17-7-8-19-20(11-17)29-15-28-19)24-12-16-4-2-5-18(10-16)14-26-9-3-6-21(26)27;/h2,4-5,7-8,10-11H,3,6,9,12-15H2,1H3,(H2,23,24,25);1H. The average molecular weight is 522 g/mol. The van der Waals surface area contributed by atoms with Crippen molar-refractivity contribution in [3.05, 3.63) is 59.2 Å². The molecule has 2 aliphatic heterocycles. The van der Waals surface area contributed by atoms with Gasteiger partial charge in [-0.05, 0) is 35.2 Å². The molecule has 1 saturated heterocycles. The molecule has 2 aliphatic rings. The fourth-order valence-corrected chi connectivity index (χ4v) is 3.57. The molecule has 0 unspecified atom stereocenters. The molecule has 1 amide bonds. The summed E-state index contributed by atoms with van der Waals surface area (Å²) in [6.07, 6.45) is 1.64. The lowest BCUT2D eigenvalue weighted by Gasteiger charge is -2.16. The zero-order valence-electron chi connectivity index (χ0n) is 17.0. The molecule has 0 saturated carbocycles. The van der Waals surface area contributed by atoms with Crippen LogP contribution in [0.5, 0.6) is 11.5 Å². The number of hydrogen-bond acceptors (Lipinski definition) is 4. The zero-order valence-corrected chi connectivity index (χ0v) is 19.3. The third-order valence-corrected chi connectivity index (χ3v) is 5.12. The maximum atomic E-state index is 11.8. The van der Waals surface area contributed by atoms with Crippen LogP contribution in [0, 0.1) is 0 Å². The highest BCUT2D eigenvalue weighted by atomic mass is 127. The van der Waals surface area contributed by atoms with Gasteiger partial charge in [-0.1, -0.05) is 30.3 Å². The quantitative estimate of drug-likeness (QED) is 0.347. The molecule has 4 rings (SSSR count). The van der Waals surface area contributed by atoms with E-state index in [1.54, 1.807) is 7.05 Å². The number of nitrogens with zero attached hydrogens (tertiary/aromatic N) is 2. The van der Waals surface area contributed by atoms with Crippen molar-refractivity contribution >= 4 is 35.8 Å². The number of amides is 1. The summed E-state index contributed by atoms with van der Waals surface area (Å²) >= 11 is 0. The number of carbonyl (C=O) groups excluding carboxylic acids is 1. The van der Waals surface area contributed by atoms with E-state index in [0.29, 0.717) is 26.1 Å². The molecule has 0 bridgehead atoms. The fourth-order valence-electron chi connectivity index (χ4n) is 3.57. The van der Waals surface area contributed by atoms with E-state index in [2.05, 4.69) is 33.8 Å². The van der Waals surface area contributed by atoms with Gasteiger partial charge < -0.3 is 25.0 Å². The summed E-state index contributed by atoms with van der Waals surface area (Å²) in [5, 5.41) is 6.66. The Hall–Kier alpha value is -2.49. The number of ether oxygens (including phenoxy) is 2. The van der Waals surface area contributed by atoms with Gasteiger partial charge in [-0.15, -0.1) is 24.0 Å². The number of nitrogens with one attached hydrogen (secondary N) is 2. The van der Waals surface area contributed by atoms with E-state index in [4.69, 9.17) is 9.47 Å². The topological polar surface area (TPSA) is 75.2 Å². The number of guanidine groups is 1. The Morgan fingerprint density at radius 3 is 2.50 bits per heavy atom. The highest BCUT2D eigenvalue weighted by Gasteiger charge is 2.20. The number of likely N-dealkylation sites (tertiary alicyclic amines) is 1. The van der Waals surface area contributed by atoms with Crippen LogP contribution in [0.4, 0.5) is 0 Å². The predicted molar refractivity (Wildman–Crippen MR) is 126 cm³/mol. The number of hydrogen-bond donors (Lipinski definition) is 2. The van der Waals surface area contributed by atoms with Crippen LogP contribution >= 0.6 is 24.0 Å². The molecule has 30 heavy (non-hydrogen) atoms. The maximum Gasteiger partial charge on any atom is 0.231 e. The van der Waals surface area contributed by atoms with E-state index >= 15 is 0 Å². The first-order chi connectivity index (χ1) is 14.2. The Balaban J connectivity index is 0.00000256. The predicted octanol–water partition coefficient (Wildman–Crippen LogP) is 3.02. The van der Waals surface area contributed by atoms with Gasteiger partial charge in [-0.3, -0.25) is 9.79 Å². The lowest BCUT2D eigenvalue weighted by molar-refractivity contribution is -0.128. The Kier molecular flexibility index (Phi) is 7.78. The molecule has 2 N–H and O–H groups in total. The summed E-state index contributed by atoms with van der Waals surface area (Å²) in [6.45, 7) is 3.11. The molecule has 160 valence electrons. The van der Waals surface area contributed by atoms with E-state index in [1.165, 1.54) is 0 Å². The van der Waals surface area contributed by atoms with Crippen LogP contribution in [0.1, 0.15) is 29.5 Å². The second-order valence-corrected chi connectivity index (χ2v) is 7.21. The molecule has 0 aromatic heterocycles. The molecular formula is C22H27IN4O3. The summed E-state index contributed by atoms with van der Waals surface area (Å²) in [7, 11) is 1.75. The maximum absolute atomic E-state index is 11.8. The minimum Gasteiger partial charge on any atom is -0.454 e. The molecule has 1 fully saturated rings. The smallest absolute Gasteiger partial charge is 0.231 e. The summed E-state index contributed by atoms with van der Waals surface area (Å²) in [5.41, 5.74) is 3.40. The van der Waals surface area contributed by atoms with Gasteiger partial charge in [0, 0.05) is 39.6 Å². The van der Waals surface area contributed by atoms with E-state index in [1.807, 2.05) is 29.2 Å². The van der Waals surface area contributed by atoms with Crippen molar-refractivity contribution in [3.63, 3.8) is 0 Å². The Bertz CT molecular complexity index is 919. The molecular weight excluding hydrogens is 495 g/mol. The Labute approximate surface area is 193 Å². The van der Waals surface area contributed by atoms with Gasteiger partial charge in [0.2, 0.25) is 12.7 Å². The third-order valence-electron chi connectivity index (χ3n) is 5.12. The van der Waals surface area contributed by atoms with Crippen LogP contribution in [0.3, 0.4) is 0 Å². The number of rotatable bonds is 6. The summed E-state index contributed by atoms with van der Waals surface area (Å²) in [5.74, 6) is 2.54. The van der Waals surface area contributed by atoms with Gasteiger partial charge >= 0.3 is 0 Å². The Morgan fingerprint density at radius 1 is 1.03 bits per heavy atom. The number of aliphatic imine (C=N–C) groups is 1. The van der Waals surface area contributed by atoms with Crippen molar-refractivity contribution in [1.29, 1.82) is 0 Å². The third kappa shape index (κ3) is 5.56. The summed E-state index contributed by atoms with van der Waals surface area (Å²) in [6, 6.07) is 14.2. The lowest BCUT2D eigenvalue weighted by Crippen LogP contribution is -2.36. The average Bonchev–Trinajstić information content (AvgIpc) is 3.37. The van der Waals surface area contributed by atoms with E-state index in [0.717, 1.165) is 47.1 Å². The van der Waals surface area contributed by atoms with Crippen molar-refractivity contribution < 1.29 is 14.3 Å². The van der Waals surface area contributed by atoms with E-state index in [-0.39, 0.29) is 36.7 Å². The van der Waals surface area contributed by atoms with Gasteiger partial charge in [-0.25, -0.2) is 0 Å². The minimum atomic E-state index is 0. The molecule has 2 aromatic rings. The van der Waals surface area contributed by atoms with Gasteiger partial charge in [0.15, 0.2) is 17.5 Å². The van der Waals surface area contributed by atoms with Gasteiger partial charge in [-0.2, -0.15) is 0 Å². The monoisotopic (exact) mass is 522 g/mol. The zero-order chi connectivity index (χ0) is 20.1. The van der Waals surface area contributed by atoms with Gasteiger partial charge in [0.1, 0.15) is 0 Å². The molecule has 2 heterocycles. The minimum absolute atomic E-state index is 0. The highest BCUT2D eigenvalue weighted by Crippen LogP contribution is 2.32. The van der Waals surface area contributed by atoms with Crippen molar-refractivity contribution in [2.75, 3.05) is 20.4 Å². The second-order valence-electron chi connectivity index (χ2n) is 7.21.